The van der Waals surface area contributed by atoms with Crippen LogP contribution in [0.25, 0.3) is 0 Å². The maximum Gasteiger partial charge on any atom is 0.252 e. The molecule has 0 spiro atoms. The summed E-state index contributed by atoms with van der Waals surface area (Å²) < 4.78 is 5.22. The van der Waals surface area contributed by atoms with Gasteiger partial charge in [-0.05, 0) is 45.7 Å². The van der Waals surface area contributed by atoms with E-state index in [1.54, 1.807) is 6.07 Å². The monoisotopic (exact) mass is 443 g/mol. The van der Waals surface area contributed by atoms with Crippen LogP contribution in [0.1, 0.15) is 85.3 Å². The summed E-state index contributed by atoms with van der Waals surface area (Å²) >= 11 is 1.41. The van der Waals surface area contributed by atoms with E-state index in [9.17, 15) is 9.59 Å². The lowest BCUT2D eigenvalue weighted by atomic mass is 9.97. The third-order valence-electron chi connectivity index (χ3n) is 5.83. The van der Waals surface area contributed by atoms with Gasteiger partial charge in [-0.25, -0.2) is 0 Å². The number of thioether (sulfide) groups is 1. The Kier molecular flexibility index (Phi) is 8.58. The third-order valence-corrected chi connectivity index (χ3v) is 6.90. The average Bonchev–Trinajstić information content (AvgIpc) is 3.06. The van der Waals surface area contributed by atoms with Crippen molar-refractivity contribution in [3.63, 3.8) is 0 Å². The fourth-order valence-electron chi connectivity index (χ4n) is 4.25. The number of benzene rings is 1. The second-order valence-corrected chi connectivity index (χ2v) is 9.34. The van der Waals surface area contributed by atoms with E-state index in [0.29, 0.717) is 17.1 Å². The molecule has 0 saturated heterocycles. The molecule has 3 rings (SSSR count). The molecule has 1 unspecified atom stereocenters. The molecule has 0 aliphatic heterocycles. The van der Waals surface area contributed by atoms with Gasteiger partial charge in [0, 0.05) is 16.5 Å². The first-order chi connectivity index (χ1) is 15.0. The zero-order valence-electron chi connectivity index (χ0n) is 18.7. The zero-order chi connectivity index (χ0) is 22.2. The first-order valence-corrected chi connectivity index (χ1v) is 12.2. The molecule has 2 N–H and O–H groups in total. The second-order valence-electron chi connectivity index (χ2n) is 8.33. The number of nitrogens with zero attached hydrogens (tertiary/aromatic N) is 1. The summed E-state index contributed by atoms with van der Waals surface area (Å²) in [6.07, 6.45) is 8.33. The first kappa shape index (κ1) is 23.4. The van der Waals surface area contributed by atoms with Crippen LogP contribution in [0.5, 0.6) is 0 Å². The van der Waals surface area contributed by atoms with Gasteiger partial charge in [0.25, 0.3) is 5.91 Å². The third kappa shape index (κ3) is 6.60. The highest BCUT2D eigenvalue weighted by Gasteiger charge is 2.21. The average molecular weight is 444 g/mol. The minimum Gasteiger partial charge on any atom is -0.361 e. The van der Waals surface area contributed by atoms with Crippen molar-refractivity contribution in [2.75, 3.05) is 5.75 Å². The quantitative estimate of drug-likeness (QED) is 0.581. The molecule has 168 valence electrons. The summed E-state index contributed by atoms with van der Waals surface area (Å²) in [5.41, 5.74) is 2.25. The predicted octanol–water partition coefficient (Wildman–Crippen LogP) is 5.10. The van der Waals surface area contributed by atoms with Gasteiger partial charge in [0.15, 0.2) is 0 Å². The smallest absolute Gasteiger partial charge is 0.252 e. The Labute approximate surface area is 188 Å². The van der Waals surface area contributed by atoms with Crippen LogP contribution in [0.3, 0.4) is 0 Å². The van der Waals surface area contributed by atoms with E-state index >= 15 is 0 Å². The summed E-state index contributed by atoms with van der Waals surface area (Å²) in [5, 5.41) is 10.2. The number of carbonyl (C=O) groups is 2. The second kappa shape index (κ2) is 11.4. The Morgan fingerprint density at radius 3 is 2.48 bits per heavy atom. The molecule has 1 aromatic heterocycles. The molecule has 2 aromatic rings. The van der Waals surface area contributed by atoms with Gasteiger partial charge in [-0.1, -0.05) is 49.4 Å². The summed E-state index contributed by atoms with van der Waals surface area (Å²) in [6, 6.07) is 7.48. The fourth-order valence-corrected chi connectivity index (χ4v) is 5.11. The van der Waals surface area contributed by atoms with E-state index in [1.165, 1.54) is 43.9 Å². The minimum absolute atomic E-state index is 0.0369. The number of hydrogen-bond donors (Lipinski definition) is 2. The van der Waals surface area contributed by atoms with Crippen molar-refractivity contribution in [1.29, 1.82) is 0 Å². The van der Waals surface area contributed by atoms with Crippen LogP contribution in [0.2, 0.25) is 0 Å². The summed E-state index contributed by atoms with van der Waals surface area (Å²) in [6.45, 7) is 5.63. The van der Waals surface area contributed by atoms with Crippen molar-refractivity contribution >= 4 is 23.6 Å². The highest BCUT2D eigenvalue weighted by Crippen LogP contribution is 2.25. The molecule has 1 saturated carbocycles. The van der Waals surface area contributed by atoms with Crippen LogP contribution in [0, 0.1) is 13.8 Å². The molecule has 1 atom stereocenters. The number of rotatable bonds is 7. The molecule has 31 heavy (non-hydrogen) atoms. The van der Waals surface area contributed by atoms with Gasteiger partial charge >= 0.3 is 0 Å². The Morgan fingerprint density at radius 2 is 1.81 bits per heavy atom. The Hall–Kier alpha value is -2.28. The molecule has 1 aliphatic rings. The SMILES string of the molecule is Cc1noc(C)c1C(C)NC(=O)c1ccccc1SCC(=O)NC1CCCCCCC1. The van der Waals surface area contributed by atoms with E-state index < -0.39 is 0 Å². The van der Waals surface area contributed by atoms with Crippen LogP contribution in [-0.4, -0.2) is 28.8 Å². The van der Waals surface area contributed by atoms with Gasteiger partial charge < -0.3 is 15.2 Å². The molecule has 6 nitrogen and oxygen atoms in total. The summed E-state index contributed by atoms with van der Waals surface area (Å²) in [4.78, 5) is 26.3. The number of nitrogens with one attached hydrogen (secondary N) is 2. The van der Waals surface area contributed by atoms with E-state index in [2.05, 4.69) is 15.8 Å². The molecule has 0 radical (unpaired) electrons. The van der Waals surface area contributed by atoms with E-state index in [1.807, 2.05) is 39.0 Å². The number of amides is 2. The molecule has 0 bridgehead atoms. The predicted molar refractivity (Wildman–Crippen MR) is 123 cm³/mol. The van der Waals surface area contributed by atoms with Crippen LogP contribution < -0.4 is 10.6 Å². The lowest BCUT2D eigenvalue weighted by Gasteiger charge is -2.21. The normalized spacial score (nSPS) is 16.2. The highest BCUT2D eigenvalue weighted by molar-refractivity contribution is 8.00. The van der Waals surface area contributed by atoms with Crippen molar-refractivity contribution in [1.82, 2.24) is 15.8 Å². The molecule has 7 heteroatoms. The van der Waals surface area contributed by atoms with Crippen LogP contribution in [0.15, 0.2) is 33.7 Å². The first-order valence-electron chi connectivity index (χ1n) is 11.2. The molecule has 2 amide bonds. The van der Waals surface area contributed by atoms with E-state index in [0.717, 1.165) is 29.0 Å². The number of aromatic nitrogens is 1. The molecule has 1 fully saturated rings. The van der Waals surface area contributed by atoms with Gasteiger partial charge in [-0.2, -0.15) is 0 Å². The lowest BCUT2D eigenvalue weighted by molar-refractivity contribution is -0.119. The molecule has 1 aliphatic carbocycles. The molecular formula is C24H33N3O3S. The topological polar surface area (TPSA) is 84.2 Å². The van der Waals surface area contributed by atoms with Gasteiger partial charge in [-0.15, -0.1) is 11.8 Å². The number of hydrogen-bond acceptors (Lipinski definition) is 5. The molecule has 1 aromatic carbocycles. The van der Waals surface area contributed by atoms with Gasteiger partial charge in [0.2, 0.25) is 5.91 Å². The van der Waals surface area contributed by atoms with Gasteiger partial charge in [0.1, 0.15) is 5.76 Å². The minimum atomic E-state index is -0.223. The standard InChI is InChI=1S/C24H33N3O3S/c1-16(23-17(2)27-30-18(23)3)25-24(29)20-13-9-10-14-21(20)31-15-22(28)26-19-11-7-5-4-6-8-12-19/h9-10,13-14,16,19H,4-8,11-12,15H2,1-3H3,(H,25,29)(H,26,28). The maximum atomic E-state index is 12.9. The molecular weight excluding hydrogens is 410 g/mol. The van der Waals surface area contributed by atoms with E-state index in [4.69, 9.17) is 4.52 Å². The van der Waals surface area contributed by atoms with Crippen molar-refractivity contribution < 1.29 is 14.1 Å². The van der Waals surface area contributed by atoms with Gasteiger partial charge in [0.05, 0.1) is 23.1 Å². The van der Waals surface area contributed by atoms with Crippen LogP contribution >= 0.6 is 11.8 Å². The Balaban J connectivity index is 1.58. The van der Waals surface area contributed by atoms with Crippen molar-refractivity contribution in [2.24, 2.45) is 0 Å². The van der Waals surface area contributed by atoms with Crippen molar-refractivity contribution in [3.05, 3.63) is 46.8 Å². The van der Waals surface area contributed by atoms with Crippen molar-refractivity contribution in [2.45, 2.75) is 82.7 Å². The largest absolute Gasteiger partial charge is 0.361 e. The van der Waals surface area contributed by atoms with Crippen molar-refractivity contribution in [3.8, 4) is 0 Å². The zero-order valence-corrected chi connectivity index (χ0v) is 19.5. The van der Waals surface area contributed by atoms with Gasteiger partial charge in [-0.3, -0.25) is 9.59 Å². The Bertz CT molecular complexity index is 868. The van der Waals surface area contributed by atoms with Crippen LogP contribution in [-0.2, 0) is 4.79 Å². The summed E-state index contributed by atoms with van der Waals surface area (Å²) in [5.74, 6) is 0.880. The van der Waals surface area contributed by atoms with Crippen LogP contribution in [0.4, 0.5) is 0 Å². The van der Waals surface area contributed by atoms with E-state index in [-0.39, 0.29) is 23.9 Å². The fraction of sp³-hybridized carbons (Fsp3) is 0.542. The Morgan fingerprint density at radius 1 is 1.13 bits per heavy atom. The number of carbonyl (C=O) groups excluding carboxylic acids is 2. The highest BCUT2D eigenvalue weighted by atomic mass is 32.2. The summed E-state index contributed by atoms with van der Waals surface area (Å²) in [7, 11) is 0. The number of aryl methyl sites for hydroxylation is 2. The lowest BCUT2D eigenvalue weighted by Crippen LogP contribution is -2.36. The molecule has 1 heterocycles. The maximum absolute atomic E-state index is 12.9.